The monoisotopic (exact) mass is 240 g/mol. The average Bonchev–Trinajstić information content (AvgIpc) is 2.79. The van der Waals surface area contributed by atoms with Crippen LogP contribution >= 0.6 is 0 Å². The third kappa shape index (κ3) is 2.72. The summed E-state index contributed by atoms with van der Waals surface area (Å²) in [7, 11) is 0. The smallest absolute Gasteiger partial charge is 0.353 e. The van der Waals surface area contributed by atoms with Crippen LogP contribution in [0.15, 0.2) is 6.07 Å². The Hall–Kier alpha value is -2.09. The predicted molar refractivity (Wildman–Crippen MR) is 57.0 cm³/mol. The van der Waals surface area contributed by atoms with Crippen LogP contribution in [0.1, 0.15) is 10.5 Å². The second-order valence-corrected chi connectivity index (χ2v) is 3.50. The number of H-pyrrole nitrogens is 1. The van der Waals surface area contributed by atoms with E-state index in [1.165, 1.54) is 6.07 Å². The van der Waals surface area contributed by atoms with Crippen LogP contribution in [0, 0.1) is 0 Å². The summed E-state index contributed by atoms with van der Waals surface area (Å²) in [4.78, 5) is 23.9. The zero-order valence-electron chi connectivity index (χ0n) is 8.97. The Bertz CT molecular complexity index is 424. The zero-order valence-corrected chi connectivity index (χ0v) is 8.97. The maximum absolute atomic E-state index is 11.7. The van der Waals surface area contributed by atoms with Gasteiger partial charge in [0.25, 0.3) is 0 Å². The molecule has 1 aliphatic rings. The van der Waals surface area contributed by atoms with E-state index in [0.717, 1.165) is 0 Å². The number of morpholine rings is 1. The lowest BCUT2D eigenvalue weighted by molar-refractivity contribution is 0.0564. The lowest BCUT2D eigenvalue weighted by atomic mass is 10.4. The van der Waals surface area contributed by atoms with E-state index in [1.807, 2.05) is 0 Å². The summed E-state index contributed by atoms with van der Waals surface area (Å²) in [6, 6.07) is 0.956. The minimum absolute atomic E-state index is 0.0673. The van der Waals surface area contributed by atoms with Crippen molar-refractivity contribution in [1.82, 2.24) is 15.1 Å². The average molecular weight is 240 g/mol. The predicted octanol–water partition coefficient (Wildman–Crippen LogP) is -0.0280. The van der Waals surface area contributed by atoms with Crippen molar-refractivity contribution in [2.24, 2.45) is 0 Å². The van der Waals surface area contributed by atoms with E-state index >= 15 is 0 Å². The first kappa shape index (κ1) is 11.4. The van der Waals surface area contributed by atoms with Gasteiger partial charge in [0.2, 0.25) is 0 Å². The highest BCUT2D eigenvalue weighted by atomic mass is 16.5. The largest absolute Gasteiger partial charge is 0.477 e. The summed E-state index contributed by atoms with van der Waals surface area (Å²) in [6.07, 6.45) is 0. The summed E-state index contributed by atoms with van der Waals surface area (Å²) in [5.74, 6) is -0.928. The number of aromatic nitrogens is 2. The highest BCUT2D eigenvalue weighted by Gasteiger charge is 2.18. The van der Waals surface area contributed by atoms with Crippen molar-refractivity contribution in [3.63, 3.8) is 0 Å². The van der Waals surface area contributed by atoms with Crippen LogP contribution in [0.2, 0.25) is 0 Å². The molecule has 0 bridgehead atoms. The van der Waals surface area contributed by atoms with Crippen molar-refractivity contribution < 1.29 is 19.4 Å². The van der Waals surface area contributed by atoms with Gasteiger partial charge in [0, 0.05) is 19.2 Å². The van der Waals surface area contributed by atoms with Crippen LogP contribution in [0.25, 0.3) is 0 Å². The molecule has 2 heterocycles. The van der Waals surface area contributed by atoms with Gasteiger partial charge in [0.1, 0.15) is 5.69 Å². The van der Waals surface area contributed by atoms with Gasteiger partial charge >= 0.3 is 12.0 Å². The van der Waals surface area contributed by atoms with Crippen LogP contribution in [0.4, 0.5) is 10.6 Å². The first-order valence-electron chi connectivity index (χ1n) is 5.09. The number of ether oxygens (including phenoxy) is 1. The maximum Gasteiger partial charge on any atom is 0.353 e. The van der Waals surface area contributed by atoms with Crippen LogP contribution < -0.4 is 5.32 Å². The summed E-state index contributed by atoms with van der Waals surface area (Å²) in [5, 5.41) is 17.2. The van der Waals surface area contributed by atoms with Crippen LogP contribution in [0.3, 0.4) is 0 Å². The van der Waals surface area contributed by atoms with Gasteiger partial charge in [-0.1, -0.05) is 0 Å². The number of nitrogens with one attached hydrogen (secondary N) is 2. The van der Waals surface area contributed by atoms with Gasteiger partial charge in [-0.3, -0.25) is 10.4 Å². The molecule has 0 aromatic carbocycles. The fraction of sp³-hybridized carbons (Fsp3) is 0.444. The SMILES string of the molecule is O=C(O)c1cc(NC(=O)N2CCOCC2)n[nH]1. The Morgan fingerprint density at radius 2 is 2.18 bits per heavy atom. The van der Waals surface area contributed by atoms with Crippen molar-refractivity contribution in [2.45, 2.75) is 0 Å². The van der Waals surface area contributed by atoms with Crippen molar-refractivity contribution >= 4 is 17.8 Å². The number of nitrogens with zero attached hydrogens (tertiary/aromatic N) is 2. The molecule has 17 heavy (non-hydrogen) atoms. The molecule has 1 aromatic rings. The summed E-state index contributed by atoms with van der Waals surface area (Å²) < 4.78 is 5.11. The quantitative estimate of drug-likeness (QED) is 0.673. The first-order chi connectivity index (χ1) is 8.16. The maximum atomic E-state index is 11.7. The molecular formula is C9H12N4O4. The number of aromatic carboxylic acids is 1. The number of carbonyl (C=O) groups is 2. The van der Waals surface area contributed by atoms with Crippen molar-refractivity contribution in [3.05, 3.63) is 11.8 Å². The fourth-order valence-corrected chi connectivity index (χ4v) is 1.45. The van der Waals surface area contributed by atoms with E-state index < -0.39 is 5.97 Å². The minimum atomic E-state index is -1.12. The molecule has 1 fully saturated rings. The number of rotatable bonds is 2. The Morgan fingerprint density at radius 1 is 1.47 bits per heavy atom. The lowest BCUT2D eigenvalue weighted by Crippen LogP contribution is -2.43. The molecule has 0 atom stereocenters. The van der Waals surface area contributed by atoms with Crippen molar-refractivity contribution in [2.75, 3.05) is 31.6 Å². The summed E-state index contributed by atoms with van der Waals surface area (Å²) in [5.41, 5.74) is -0.0673. The molecule has 0 aliphatic carbocycles. The Labute approximate surface area is 96.6 Å². The van der Waals surface area contributed by atoms with E-state index in [2.05, 4.69) is 15.5 Å². The summed E-state index contributed by atoms with van der Waals surface area (Å²) in [6.45, 7) is 2.05. The third-order valence-electron chi connectivity index (χ3n) is 2.34. The molecule has 2 amide bonds. The van der Waals surface area contributed by atoms with Crippen molar-refractivity contribution in [1.29, 1.82) is 0 Å². The third-order valence-corrected chi connectivity index (χ3v) is 2.34. The molecule has 1 aromatic heterocycles. The molecule has 92 valence electrons. The van der Waals surface area contributed by atoms with Crippen molar-refractivity contribution in [3.8, 4) is 0 Å². The number of hydrogen-bond donors (Lipinski definition) is 3. The van der Waals surface area contributed by atoms with Crippen LogP contribution in [-0.2, 0) is 4.74 Å². The molecule has 0 saturated carbocycles. The molecule has 0 radical (unpaired) electrons. The van der Waals surface area contributed by atoms with E-state index in [9.17, 15) is 9.59 Å². The standard InChI is InChI=1S/C9H12N4O4/c14-8(15)6-5-7(12-11-6)10-9(16)13-1-3-17-4-2-13/h5H,1-4H2,(H,14,15)(H2,10,11,12,16). The molecule has 3 N–H and O–H groups in total. The molecule has 2 rings (SSSR count). The molecule has 0 spiro atoms. The van der Waals surface area contributed by atoms with Gasteiger partial charge < -0.3 is 14.7 Å². The highest BCUT2D eigenvalue weighted by molar-refractivity contribution is 5.91. The molecule has 1 saturated heterocycles. The Balaban J connectivity index is 1.94. The van der Waals surface area contributed by atoms with Gasteiger partial charge in [-0.15, -0.1) is 0 Å². The second-order valence-electron chi connectivity index (χ2n) is 3.50. The number of urea groups is 1. The van der Waals surface area contributed by atoms with E-state index in [1.54, 1.807) is 4.90 Å². The van der Waals surface area contributed by atoms with E-state index in [0.29, 0.717) is 26.3 Å². The van der Waals surface area contributed by atoms with Gasteiger partial charge in [-0.2, -0.15) is 5.10 Å². The number of carboxylic acids is 1. The molecule has 1 aliphatic heterocycles. The van der Waals surface area contributed by atoms with Crippen LogP contribution in [-0.4, -0.2) is 58.5 Å². The number of amides is 2. The fourth-order valence-electron chi connectivity index (χ4n) is 1.45. The topological polar surface area (TPSA) is 108 Å². The molecular weight excluding hydrogens is 228 g/mol. The number of anilines is 1. The van der Waals surface area contributed by atoms with E-state index in [4.69, 9.17) is 9.84 Å². The highest BCUT2D eigenvalue weighted by Crippen LogP contribution is 2.07. The van der Waals surface area contributed by atoms with Crippen LogP contribution in [0.5, 0.6) is 0 Å². The number of aromatic amines is 1. The Kier molecular flexibility index (Phi) is 3.24. The van der Waals surface area contributed by atoms with Gasteiger partial charge in [-0.25, -0.2) is 9.59 Å². The normalized spacial score (nSPS) is 15.6. The number of hydrogen-bond acceptors (Lipinski definition) is 4. The first-order valence-corrected chi connectivity index (χ1v) is 5.09. The summed E-state index contributed by atoms with van der Waals surface area (Å²) >= 11 is 0. The molecule has 8 heteroatoms. The minimum Gasteiger partial charge on any atom is -0.477 e. The van der Waals surface area contributed by atoms with Gasteiger partial charge in [0.05, 0.1) is 13.2 Å². The Morgan fingerprint density at radius 3 is 2.76 bits per heavy atom. The number of carboxylic acid groups (broad SMARTS) is 1. The second kappa shape index (κ2) is 4.83. The van der Waals surface area contributed by atoms with Gasteiger partial charge in [-0.05, 0) is 0 Å². The van der Waals surface area contributed by atoms with E-state index in [-0.39, 0.29) is 17.5 Å². The lowest BCUT2D eigenvalue weighted by Gasteiger charge is -2.26. The molecule has 8 nitrogen and oxygen atoms in total. The van der Waals surface area contributed by atoms with Gasteiger partial charge in [0.15, 0.2) is 5.82 Å². The zero-order chi connectivity index (χ0) is 12.3. The number of carbonyl (C=O) groups excluding carboxylic acids is 1. The molecule has 0 unspecified atom stereocenters.